The van der Waals surface area contributed by atoms with Crippen molar-refractivity contribution in [3.63, 3.8) is 0 Å². The standard InChI is InChI=1S/C16H26N4O3S/c17-10-15-3-1-7-20(15)16(21)11-18-14-5-4-13(9-14)12-19-6-2-8-24(19,22)23/h13-15,18H,1-9,11-12H2/t13-,14+,15-/m0/s1. The fourth-order valence-electron chi connectivity index (χ4n) is 4.14. The van der Waals surface area contributed by atoms with Gasteiger partial charge < -0.3 is 10.2 Å². The van der Waals surface area contributed by atoms with Crippen LogP contribution in [0.3, 0.4) is 0 Å². The SMILES string of the molecule is N#C[C@@H]1CCCN1C(=O)CN[C@@H]1CC[C@H](CN2CCCS2(=O)=O)C1. The first-order chi connectivity index (χ1) is 11.5. The van der Waals surface area contributed by atoms with Crippen molar-refractivity contribution < 1.29 is 13.2 Å². The molecule has 2 heterocycles. The van der Waals surface area contributed by atoms with Crippen LogP contribution in [0.4, 0.5) is 0 Å². The highest BCUT2D eigenvalue weighted by Crippen LogP contribution is 2.28. The van der Waals surface area contributed by atoms with Crippen LogP contribution in [-0.2, 0) is 14.8 Å². The molecule has 0 radical (unpaired) electrons. The van der Waals surface area contributed by atoms with Crippen LogP contribution < -0.4 is 5.32 Å². The molecule has 3 rings (SSSR count). The molecule has 3 fully saturated rings. The van der Waals surface area contributed by atoms with Gasteiger partial charge in [-0.25, -0.2) is 12.7 Å². The molecule has 0 bridgehead atoms. The van der Waals surface area contributed by atoms with E-state index in [2.05, 4.69) is 11.4 Å². The maximum atomic E-state index is 12.2. The summed E-state index contributed by atoms with van der Waals surface area (Å²) in [5, 5.41) is 12.4. The van der Waals surface area contributed by atoms with Gasteiger partial charge in [0.25, 0.3) is 0 Å². The van der Waals surface area contributed by atoms with Gasteiger partial charge in [-0.05, 0) is 44.4 Å². The van der Waals surface area contributed by atoms with Gasteiger partial charge >= 0.3 is 0 Å². The molecule has 7 nitrogen and oxygen atoms in total. The third-order valence-electron chi connectivity index (χ3n) is 5.47. The van der Waals surface area contributed by atoms with Gasteiger partial charge in [0.1, 0.15) is 6.04 Å². The first kappa shape index (κ1) is 17.6. The molecule has 134 valence electrons. The predicted molar refractivity (Wildman–Crippen MR) is 89.5 cm³/mol. The number of amides is 1. The van der Waals surface area contributed by atoms with Crippen LogP contribution in [0.15, 0.2) is 0 Å². The quantitative estimate of drug-likeness (QED) is 0.766. The minimum atomic E-state index is -3.02. The lowest BCUT2D eigenvalue weighted by atomic mass is 10.1. The van der Waals surface area contributed by atoms with Crippen LogP contribution in [0.1, 0.15) is 38.5 Å². The number of nitrogens with zero attached hydrogens (tertiary/aromatic N) is 3. The molecule has 24 heavy (non-hydrogen) atoms. The van der Waals surface area contributed by atoms with Gasteiger partial charge in [-0.2, -0.15) is 5.26 Å². The summed E-state index contributed by atoms with van der Waals surface area (Å²) in [6.45, 7) is 2.23. The largest absolute Gasteiger partial charge is 0.326 e. The Labute approximate surface area is 144 Å². The number of nitrogens with one attached hydrogen (secondary N) is 1. The average molecular weight is 354 g/mol. The number of nitriles is 1. The second-order valence-corrected chi connectivity index (χ2v) is 9.25. The number of carbonyl (C=O) groups is 1. The predicted octanol–water partition coefficient (Wildman–Crippen LogP) is 0.295. The van der Waals surface area contributed by atoms with Gasteiger partial charge in [-0.1, -0.05) is 0 Å². The number of likely N-dealkylation sites (tertiary alicyclic amines) is 1. The molecule has 0 aromatic carbocycles. The lowest BCUT2D eigenvalue weighted by molar-refractivity contribution is -0.130. The van der Waals surface area contributed by atoms with Gasteiger partial charge in [0.05, 0.1) is 18.4 Å². The Morgan fingerprint density at radius 1 is 1.21 bits per heavy atom. The Morgan fingerprint density at radius 3 is 2.75 bits per heavy atom. The summed E-state index contributed by atoms with van der Waals surface area (Å²) in [5.41, 5.74) is 0. The lowest BCUT2D eigenvalue weighted by Gasteiger charge is -2.22. The van der Waals surface area contributed by atoms with E-state index in [9.17, 15) is 13.2 Å². The zero-order chi connectivity index (χ0) is 17.2. The van der Waals surface area contributed by atoms with E-state index in [1.165, 1.54) is 0 Å². The van der Waals surface area contributed by atoms with Crippen LogP contribution in [0, 0.1) is 17.2 Å². The van der Waals surface area contributed by atoms with E-state index in [4.69, 9.17) is 5.26 Å². The summed E-state index contributed by atoms with van der Waals surface area (Å²) in [7, 11) is -3.02. The fraction of sp³-hybridized carbons (Fsp3) is 0.875. The molecule has 3 atom stereocenters. The Kier molecular flexibility index (Phi) is 5.42. The van der Waals surface area contributed by atoms with Crippen molar-refractivity contribution in [2.24, 2.45) is 5.92 Å². The molecule has 8 heteroatoms. The first-order valence-electron chi connectivity index (χ1n) is 8.90. The highest BCUT2D eigenvalue weighted by Gasteiger charge is 2.34. The summed E-state index contributed by atoms with van der Waals surface area (Å²) >= 11 is 0. The summed E-state index contributed by atoms with van der Waals surface area (Å²) in [6.07, 6.45) is 5.32. The molecule has 0 aromatic heterocycles. The number of hydrogen-bond donors (Lipinski definition) is 1. The Balaban J connectivity index is 1.42. The molecule has 1 N–H and O–H groups in total. The lowest BCUT2D eigenvalue weighted by Crippen LogP contribution is -2.43. The maximum absolute atomic E-state index is 12.2. The second-order valence-electron chi connectivity index (χ2n) is 7.16. The Morgan fingerprint density at radius 2 is 2.04 bits per heavy atom. The summed E-state index contributed by atoms with van der Waals surface area (Å²) < 4.78 is 25.4. The molecule has 1 amide bonds. The third-order valence-corrected chi connectivity index (χ3v) is 7.39. The van der Waals surface area contributed by atoms with Crippen LogP contribution in [0.5, 0.6) is 0 Å². The van der Waals surface area contributed by atoms with E-state index in [1.807, 2.05) is 0 Å². The van der Waals surface area contributed by atoms with Crippen LogP contribution >= 0.6 is 0 Å². The van der Waals surface area contributed by atoms with Crippen molar-refractivity contribution in [3.8, 4) is 6.07 Å². The molecule has 0 spiro atoms. The fourth-order valence-corrected chi connectivity index (χ4v) is 5.74. The Bertz CT molecular complexity index is 615. The van der Waals surface area contributed by atoms with Gasteiger partial charge in [-0.3, -0.25) is 4.79 Å². The van der Waals surface area contributed by atoms with Crippen molar-refractivity contribution >= 4 is 15.9 Å². The van der Waals surface area contributed by atoms with Gasteiger partial charge in [0.2, 0.25) is 15.9 Å². The van der Waals surface area contributed by atoms with Crippen molar-refractivity contribution in [1.82, 2.24) is 14.5 Å². The van der Waals surface area contributed by atoms with Crippen molar-refractivity contribution in [1.29, 1.82) is 5.26 Å². The monoisotopic (exact) mass is 354 g/mol. The van der Waals surface area contributed by atoms with Gasteiger partial charge in [0, 0.05) is 25.7 Å². The molecular formula is C16H26N4O3S. The highest BCUT2D eigenvalue weighted by molar-refractivity contribution is 7.89. The van der Waals surface area contributed by atoms with Crippen LogP contribution in [-0.4, -0.2) is 67.5 Å². The Hall–Kier alpha value is -1.17. The molecule has 3 aliphatic rings. The number of carbonyl (C=O) groups excluding carboxylic acids is 1. The molecule has 2 saturated heterocycles. The van der Waals surface area contributed by atoms with Crippen LogP contribution in [0.25, 0.3) is 0 Å². The van der Waals surface area contributed by atoms with E-state index in [1.54, 1.807) is 9.21 Å². The van der Waals surface area contributed by atoms with E-state index in [-0.39, 0.29) is 30.3 Å². The summed E-state index contributed by atoms with van der Waals surface area (Å²) in [4.78, 5) is 13.9. The average Bonchev–Trinajstić information content (AvgIpc) is 3.26. The highest BCUT2D eigenvalue weighted by atomic mass is 32.2. The summed E-state index contributed by atoms with van der Waals surface area (Å²) in [6, 6.07) is 2.20. The van der Waals surface area contributed by atoms with Crippen molar-refractivity contribution in [2.45, 2.75) is 50.6 Å². The molecule has 1 aliphatic carbocycles. The minimum Gasteiger partial charge on any atom is -0.326 e. The van der Waals surface area contributed by atoms with Crippen LogP contribution in [0.2, 0.25) is 0 Å². The minimum absolute atomic E-state index is 0.00428. The normalized spacial score (nSPS) is 33.0. The molecule has 0 aromatic rings. The molecule has 2 aliphatic heterocycles. The first-order valence-corrected chi connectivity index (χ1v) is 10.5. The summed E-state index contributed by atoms with van der Waals surface area (Å²) in [5.74, 6) is 0.667. The smallest absolute Gasteiger partial charge is 0.237 e. The van der Waals surface area contributed by atoms with Crippen molar-refractivity contribution in [3.05, 3.63) is 0 Å². The van der Waals surface area contributed by atoms with E-state index >= 15 is 0 Å². The van der Waals surface area contributed by atoms with E-state index in [0.29, 0.717) is 25.6 Å². The number of rotatable bonds is 5. The zero-order valence-electron chi connectivity index (χ0n) is 14.0. The van der Waals surface area contributed by atoms with Gasteiger partial charge in [-0.15, -0.1) is 0 Å². The van der Waals surface area contributed by atoms with Gasteiger partial charge in [0.15, 0.2) is 0 Å². The number of hydrogen-bond acceptors (Lipinski definition) is 5. The molecule has 1 saturated carbocycles. The maximum Gasteiger partial charge on any atom is 0.237 e. The van der Waals surface area contributed by atoms with E-state index in [0.717, 1.165) is 38.5 Å². The molecular weight excluding hydrogens is 328 g/mol. The zero-order valence-corrected chi connectivity index (χ0v) is 14.8. The van der Waals surface area contributed by atoms with E-state index < -0.39 is 10.0 Å². The number of sulfonamides is 1. The van der Waals surface area contributed by atoms with Crippen molar-refractivity contribution in [2.75, 3.05) is 31.9 Å². The second kappa shape index (κ2) is 7.38. The third kappa shape index (κ3) is 3.90. The molecule has 0 unspecified atom stereocenters. The topological polar surface area (TPSA) is 93.5 Å².